The molecule has 0 N–H and O–H groups in total. The zero-order valence-corrected chi connectivity index (χ0v) is 20.3. The van der Waals surface area contributed by atoms with Gasteiger partial charge in [-0.05, 0) is 101 Å². The second kappa shape index (κ2) is 7.20. The fourth-order valence-electron chi connectivity index (χ4n) is 4.68. The van der Waals surface area contributed by atoms with Crippen molar-refractivity contribution in [3.05, 3.63) is 104 Å². The van der Waals surface area contributed by atoms with Crippen LogP contribution in [0.1, 0.15) is 0 Å². The summed E-state index contributed by atoms with van der Waals surface area (Å²) in [6, 6.07) is 35.4. The molecule has 0 fully saturated rings. The van der Waals surface area contributed by atoms with Crippen LogP contribution in [-0.4, -0.2) is 0 Å². The van der Waals surface area contributed by atoms with E-state index in [4.69, 9.17) is 0 Å². The van der Waals surface area contributed by atoms with Crippen LogP contribution in [0, 0.1) is 7.14 Å². The molecule has 0 radical (unpaired) electrons. The van der Waals surface area contributed by atoms with Gasteiger partial charge in [0.2, 0.25) is 0 Å². The Hall–Kier alpha value is -2.18. The van der Waals surface area contributed by atoms with Crippen LogP contribution in [0.4, 0.5) is 0 Å². The van der Waals surface area contributed by atoms with E-state index >= 15 is 0 Å². The molecule has 0 aliphatic rings. The molecular weight excluding hydrogens is 590 g/mol. The molecule has 0 amide bonds. The lowest BCUT2D eigenvalue weighted by Gasteiger charge is -2.18. The Bertz CT molecular complexity index is 1410. The Kier molecular flexibility index (Phi) is 4.46. The van der Waals surface area contributed by atoms with Gasteiger partial charge in [-0.1, -0.05) is 84.9 Å². The van der Waals surface area contributed by atoms with Crippen LogP contribution in [0.15, 0.2) is 97.1 Å². The van der Waals surface area contributed by atoms with Crippen molar-refractivity contribution in [1.29, 1.82) is 0 Å². The lowest BCUT2D eigenvalue weighted by molar-refractivity contribution is 1.62. The Labute approximate surface area is 202 Å². The first-order valence-corrected chi connectivity index (χ1v) is 12.1. The summed E-state index contributed by atoms with van der Waals surface area (Å²) in [5.41, 5.74) is 5.21. The summed E-state index contributed by atoms with van der Waals surface area (Å²) in [6.07, 6.45) is 0. The summed E-state index contributed by atoms with van der Waals surface area (Å²) in [6.45, 7) is 0. The van der Waals surface area contributed by atoms with E-state index in [0.717, 1.165) is 0 Å². The molecule has 6 rings (SSSR count). The quantitative estimate of drug-likeness (QED) is 0.136. The molecule has 6 aromatic rings. The van der Waals surface area contributed by atoms with Crippen molar-refractivity contribution in [3.8, 4) is 22.3 Å². The summed E-state index contributed by atoms with van der Waals surface area (Å²) in [5, 5.41) is 8.04. The third kappa shape index (κ3) is 2.77. The van der Waals surface area contributed by atoms with Crippen molar-refractivity contribution in [2.45, 2.75) is 0 Å². The molecule has 2 heteroatoms. The van der Waals surface area contributed by atoms with E-state index in [1.54, 1.807) is 0 Å². The minimum Gasteiger partial charge on any atom is -0.0622 e. The van der Waals surface area contributed by atoms with E-state index in [2.05, 4.69) is 142 Å². The maximum absolute atomic E-state index is 2.49. The third-order valence-corrected chi connectivity index (χ3v) is 7.63. The number of halogens is 2. The van der Waals surface area contributed by atoms with Gasteiger partial charge < -0.3 is 0 Å². The Balaban J connectivity index is 1.81. The van der Waals surface area contributed by atoms with Gasteiger partial charge in [-0.25, -0.2) is 0 Å². The van der Waals surface area contributed by atoms with E-state index in [9.17, 15) is 0 Å². The summed E-state index contributed by atoms with van der Waals surface area (Å²) >= 11 is 4.98. The molecule has 6 aromatic carbocycles. The number of hydrogen-bond acceptors (Lipinski definition) is 0. The van der Waals surface area contributed by atoms with E-state index < -0.39 is 0 Å². The largest absolute Gasteiger partial charge is 0.0622 e. The van der Waals surface area contributed by atoms with Crippen LogP contribution in [0.2, 0.25) is 0 Å². The predicted octanol–water partition coefficient (Wildman–Crippen LogP) is 9.13. The molecule has 142 valence electrons. The maximum Gasteiger partial charge on any atom is 0.0221 e. The monoisotopic (exact) mass is 606 g/mol. The molecule has 0 atom stereocenters. The SMILES string of the molecule is Ic1cc2ccc3c(-c4ccccc4)c(I)cc4ccc(c1-c1ccccc1)c2c43. The molecule has 0 aliphatic carbocycles. The molecule has 0 spiro atoms. The van der Waals surface area contributed by atoms with Gasteiger partial charge in [0, 0.05) is 18.3 Å². The first-order chi connectivity index (χ1) is 14.7. The molecule has 0 heterocycles. The van der Waals surface area contributed by atoms with E-state index in [0.29, 0.717) is 0 Å². The van der Waals surface area contributed by atoms with Crippen LogP contribution in [0.3, 0.4) is 0 Å². The minimum absolute atomic E-state index is 1.28. The Morgan fingerprint density at radius 3 is 1.23 bits per heavy atom. The van der Waals surface area contributed by atoms with Crippen molar-refractivity contribution in [2.24, 2.45) is 0 Å². The van der Waals surface area contributed by atoms with Gasteiger partial charge in [0.15, 0.2) is 0 Å². The predicted molar refractivity (Wildman–Crippen MR) is 146 cm³/mol. The number of hydrogen-bond donors (Lipinski definition) is 0. The van der Waals surface area contributed by atoms with Crippen molar-refractivity contribution < 1.29 is 0 Å². The highest BCUT2D eigenvalue weighted by molar-refractivity contribution is 14.1. The topological polar surface area (TPSA) is 0 Å². The van der Waals surface area contributed by atoms with Gasteiger partial charge in [-0.2, -0.15) is 0 Å². The van der Waals surface area contributed by atoms with Crippen LogP contribution >= 0.6 is 45.2 Å². The van der Waals surface area contributed by atoms with Gasteiger partial charge in [-0.15, -0.1) is 0 Å². The van der Waals surface area contributed by atoms with Crippen LogP contribution in [-0.2, 0) is 0 Å². The van der Waals surface area contributed by atoms with E-state index in [1.807, 2.05) is 0 Å². The first-order valence-electron chi connectivity index (χ1n) is 9.93. The Morgan fingerprint density at radius 1 is 0.433 bits per heavy atom. The number of benzene rings is 6. The summed E-state index contributed by atoms with van der Waals surface area (Å²) < 4.78 is 2.59. The normalized spacial score (nSPS) is 11.7. The standard InChI is InChI=1S/C28H16I2/c29-23-15-19-12-14-22-26(18-9-5-2-6-10-18)24(30)16-20-11-13-21(27(19)28(20)22)25(23)17-7-3-1-4-8-17/h1-16H. The second-order valence-corrected chi connectivity index (χ2v) is 9.95. The zero-order chi connectivity index (χ0) is 20.2. The second-order valence-electron chi connectivity index (χ2n) is 7.62. The average molecular weight is 606 g/mol. The molecule has 0 nitrogen and oxygen atoms in total. The Morgan fingerprint density at radius 2 is 0.833 bits per heavy atom. The highest BCUT2D eigenvalue weighted by Gasteiger charge is 2.18. The van der Waals surface area contributed by atoms with Crippen LogP contribution < -0.4 is 0 Å². The van der Waals surface area contributed by atoms with Gasteiger partial charge in [0.05, 0.1) is 0 Å². The highest BCUT2D eigenvalue weighted by atomic mass is 127. The summed E-state index contributed by atoms with van der Waals surface area (Å²) in [5.74, 6) is 0. The van der Waals surface area contributed by atoms with Crippen molar-refractivity contribution >= 4 is 77.5 Å². The van der Waals surface area contributed by atoms with Crippen LogP contribution in [0.25, 0.3) is 54.6 Å². The zero-order valence-electron chi connectivity index (χ0n) is 16.0. The average Bonchev–Trinajstić information content (AvgIpc) is 2.78. The molecule has 0 unspecified atom stereocenters. The molecular formula is C28H16I2. The van der Waals surface area contributed by atoms with Gasteiger partial charge >= 0.3 is 0 Å². The smallest absolute Gasteiger partial charge is 0.0221 e. The third-order valence-electron chi connectivity index (χ3n) is 5.93. The van der Waals surface area contributed by atoms with Crippen molar-refractivity contribution in [1.82, 2.24) is 0 Å². The molecule has 30 heavy (non-hydrogen) atoms. The fourth-order valence-corrected chi connectivity index (χ4v) is 6.55. The highest BCUT2D eigenvalue weighted by Crippen LogP contribution is 2.45. The summed E-state index contributed by atoms with van der Waals surface area (Å²) in [7, 11) is 0. The lowest BCUT2D eigenvalue weighted by atomic mass is 9.87. The fraction of sp³-hybridized carbons (Fsp3) is 0. The van der Waals surface area contributed by atoms with E-state index in [-0.39, 0.29) is 0 Å². The number of rotatable bonds is 2. The minimum atomic E-state index is 1.28. The van der Waals surface area contributed by atoms with Crippen molar-refractivity contribution in [2.75, 3.05) is 0 Å². The molecule has 0 saturated heterocycles. The van der Waals surface area contributed by atoms with Crippen molar-refractivity contribution in [3.63, 3.8) is 0 Å². The van der Waals surface area contributed by atoms with E-state index in [1.165, 1.54) is 61.7 Å². The lowest BCUT2D eigenvalue weighted by Crippen LogP contribution is -1.93. The molecule has 0 saturated carbocycles. The van der Waals surface area contributed by atoms with Gasteiger partial charge in [0.25, 0.3) is 0 Å². The molecule has 0 bridgehead atoms. The molecule has 0 aliphatic heterocycles. The van der Waals surface area contributed by atoms with Gasteiger partial charge in [-0.3, -0.25) is 0 Å². The van der Waals surface area contributed by atoms with Gasteiger partial charge in [0.1, 0.15) is 0 Å². The maximum atomic E-state index is 2.49. The van der Waals surface area contributed by atoms with Crippen LogP contribution in [0.5, 0.6) is 0 Å². The summed E-state index contributed by atoms with van der Waals surface area (Å²) in [4.78, 5) is 0. The first kappa shape index (κ1) is 18.6. The molecule has 0 aromatic heterocycles.